The summed E-state index contributed by atoms with van der Waals surface area (Å²) in [5, 5.41) is 0. The van der Waals surface area contributed by atoms with E-state index in [0.29, 0.717) is 19.1 Å². The maximum atomic E-state index is 13.1. The highest BCUT2D eigenvalue weighted by molar-refractivity contribution is 5.16. The van der Waals surface area contributed by atoms with Crippen LogP contribution in [0.4, 0.5) is 4.39 Å². The molecule has 2 fully saturated rings. The first kappa shape index (κ1) is 16.7. The molecule has 2 atom stereocenters. The lowest BCUT2D eigenvalue weighted by Crippen LogP contribution is -2.43. The lowest BCUT2D eigenvalue weighted by atomic mass is 9.94. The molecular weight excluding hydrogens is 321 g/mol. The van der Waals surface area contributed by atoms with Crippen LogP contribution in [0.15, 0.2) is 43.0 Å². The Morgan fingerprint density at radius 3 is 2.96 bits per heavy atom. The van der Waals surface area contributed by atoms with Crippen LogP contribution in [0.2, 0.25) is 0 Å². The summed E-state index contributed by atoms with van der Waals surface area (Å²) in [6.07, 6.45) is 6.65. The maximum absolute atomic E-state index is 13.1. The highest BCUT2D eigenvalue weighted by atomic mass is 19.1. The molecule has 3 heterocycles. The standard InChI is InChI=1S/C19H24FN3O2/c20-18-3-1-16(2-4-18)10-22-7-8-24-14-19(13-22)9-17(12-25-19)11-23-6-5-21-15-23/h1-6,15,17H,7-14H2/t17-,19+/m0/s1. The van der Waals surface area contributed by atoms with Gasteiger partial charge in [0.25, 0.3) is 0 Å². The van der Waals surface area contributed by atoms with Gasteiger partial charge < -0.3 is 14.0 Å². The number of aromatic nitrogens is 2. The summed E-state index contributed by atoms with van der Waals surface area (Å²) < 4.78 is 27.3. The molecule has 134 valence electrons. The van der Waals surface area contributed by atoms with Crippen molar-refractivity contribution in [2.45, 2.75) is 25.1 Å². The molecule has 2 aliphatic heterocycles. The van der Waals surface area contributed by atoms with Gasteiger partial charge in [-0.05, 0) is 24.1 Å². The van der Waals surface area contributed by atoms with Crippen LogP contribution in [-0.2, 0) is 22.6 Å². The van der Waals surface area contributed by atoms with Crippen LogP contribution in [0.1, 0.15) is 12.0 Å². The lowest BCUT2D eigenvalue weighted by Gasteiger charge is -2.31. The summed E-state index contributed by atoms with van der Waals surface area (Å²) in [5.74, 6) is 0.282. The summed E-state index contributed by atoms with van der Waals surface area (Å²) in [6.45, 7) is 5.55. The van der Waals surface area contributed by atoms with Gasteiger partial charge in [0.05, 0.1) is 26.1 Å². The first-order valence-corrected chi connectivity index (χ1v) is 8.85. The predicted octanol–water partition coefficient (Wildman–Crippen LogP) is 2.33. The average molecular weight is 345 g/mol. The highest BCUT2D eigenvalue weighted by Gasteiger charge is 2.43. The third-order valence-corrected chi connectivity index (χ3v) is 5.06. The number of nitrogens with zero attached hydrogens (tertiary/aromatic N) is 3. The molecule has 4 rings (SSSR count). The molecule has 1 aromatic heterocycles. The van der Waals surface area contributed by atoms with Gasteiger partial charge in [-0.25, -0.2) is 9.37 Å². The van der Waals surface area contributed by atoms with Crippen molar-refractivity contribution in [2.75, 3.05) is 32.9 Å². The molecule has 0 radical (unpaired) electrons. The molecule has 0 aliphatic carbocycles. The van der Waals surface area contributed by atoms with Gasteiger partial charge >= 0.3 is 0 Å². The van der Waals surface area contributed by atoms with Crippen molar-refractivity contribution >= 4 is 0 Å². The lowest BCUT2D eigenvalue weighted by molar-refractivity contribution is -0.0563. The van der Waals surface area contributed by atoms with E-state index >= 15 is 0 Å². The Morgan fingerprint density at radius 1 is 1.28 bits per heavy atom. The molecule has 0 unspecified atom stereocenters. The van der Waals surface area contributed by atoms with E-state index in [-0.39, 0.29) is 11.4 Å². The van der Waals surface area contributed by atoms with Gasteiger partial charge in [-0.3, -0.25) is 4.90 Å². The van der Waals surface area contributed by atoms with Crippen molar-refractivity contribution < 1.29 is 13.9 Å². The zero-order chi connectivity index (χ0) is 17.1. The van der Waals surface area contributed by atoms with Gasteiger partial charge in [0.1, 0.15) is 11.4 Å². The first-order chi connectivity index (χ1) is 12.2. The third-order valence-electron chi connectivity index (χ3n) is 5.06. The number of hydrogen-bond acceptors (Lipinski definition) is 4. The van der Waals surface area contributed by atoms with Crippen molar-refractivity contribution in [3.63, 3.8) is 0 Å². The number of imidazole rings is 1. The van der Waals surface area contributed by atoms with E-state index in [1.807, 2.05) is 30.9 Å². The van der Waals surface area contributed by atoms with Crippen LogP contribution < -0.4 is 0 Å². The molecule has 1 spiro atoms. The second kappa shape index (κ2) is 7.23. The molecular formula is C19H24FN3O2. The van der Waals surface area contributed by atoms with E-state index in [9.17, 15) is 4.39 Å². The van der Waals surface area contributed by atoms with Gasteiger partial charge in [0, 0.05) is 44.5 Å². The van der Waals surface area contributed by atoms with E-state index in [2.05, 4.69) is 14.5 Å². The van der Waals surface area contributed by atoms with Crippen LogP contribution >= 0.6 is 0 Å². The zero-order valence-corrected chi connectivity index (χ0v) is 14.3. The molecule has 0 N–H and O–H groups in total. The van der Waals surface area contributed by atoms with Crippen LogP contribution in [0.3, 0.4) is 0 Å². The Morgan fingerprint density at radius 2 is 2.16 bits per heavy atom. The van der Waals surface area contributed by atoms with Crippen LogP contribution in [0, 0.1) is 11.7 Å². The van der Waals surface area contributed by atoms with Gasteiger partial charge in [0.15, 0.2) is 0 Å². The Kier molecular flexibility index (Phi) is 4.83. The molecule has 5 nitrogen and oxygen atoms in total. The summed E-state index contributed by atoms with van der Waals surface area (Å²) >= 11 is 0. The third kappa shape index (κ3) is 4.08. The summed E-state index contributed by atoms with van der Waals surface area (Å²) in [6, 6.07) is 6.75. The first-order valence-electron chi connectivity index (χ1n) is 8.85. The van der Waals surface area contributed by atoms with Crippen molar-refractivity contribution in [3.05, 3.63) is 54.4 Å². The van der Waals surface area contributed by atoms with Crippen LogP contribution in [0.25, 0.3) is 0 Å². The second-order valence-electron chi connectivity index (χ2n) is 7.21. The van der Waals surface area contributed by atoms with Gasteiger partial charge in [0.2, 0.25) is 0 Å². The normalized spacial score (nSPS) is 27.6. The van der Waals surface area contributed by atoms with Crippen molar-refractivity contribution in [3.8, 4) is 0 Å². The minimum atomic E-state index is -0.234. The molecule has 2 aromatic rings. The van der Waals surface area contributed by atoms with Gasteiger partial charge in [-0.2, -0.15) is 0 Å². The molecule has 6 heteroatoms. The SMILES string of the molecule is Fc1ccc(CN2CCOC[C@@]3(C[C@@H](Cn4ccnc4)CO3)C2)cc1. The summed E-state index contributed by atoms with van der Waals surface area (Å²) in [5.41, 5.74) is 0.883. The van der Waals surface area contributed by atoms with E-state index in [0.717, 1.165) is 44.8 Å². The van der Waals surface area contributed by atoms with Crippen molar-refractivity contribution in [1.82, 2.24) is 14.5 Å². The average Bonchev–Trinajstić information content (AvgIpc) is 3.20. The van der Waals surface area contributed by atoms with Crippen molar-refractivity contribution in [2.24, 2.45) is 5.92 Å². The largest absolute Gasteiger partial charge is 0.377 e. The molecule has 0 saturated carbocycles. The Hall–Kier alpha value is -1.76. The quantitative estimate of drug-likeness (QED) is 0.853. The van der Waals surface area contributed by atoms with Crippen LogP contribution in [-0.4, -0.2) is 53.0 Å². The second-order valence-corrected chi connectivity index (χ2v) is 7.21. The molecule has 25 heavy (non-hydrogen) atoms. The fourth-order valence-electron chi connectivity index (χ4n) is 3.93. The Labute approximate surface area is 147 Å². The monoisotopic (exact) mass is 345 g/mol. The molecule has 2 aliphatic rings. The minimum Gasteiger partial charge on any atom is -0.377 e. The number of rotatable bonds is 4. The number of benzene rings is 1. The Bertz CT molecular complexity index is 676. The van der Waals surface area contributed by atoms with E-state index in [4.69, 9.17) is 9.47 Å². The zero-order valence-electron chi connectivity index (χ0n) is 14.3. The van der Waals surface area contributed by atoms with Crippen LogP contribution in [0.5, 0.6) is 0 Å². The Balaban J connectivity index is 1.40. The molecule has 2 saturated heterocycles. The van der Waals surface area contributed by atoms with E-state index in [1.165, 1.54) is 12.1 Å². The van der Waals surface area contributed by atoms with E-state index in [1.54, 1.807) is 0 Å². The summed E-state index contributed by atoms with van der Waals surface area (Å²) in [7, 11) is 0. The maximum Gasteiger partial charge on any atom is 0.123 e. The number of hydrogen-bond donors (Lipinski definition) is 0. The fraction of sp³-hybridized carbons (Fsp3) is 0.526. The summed E-state index contributed by atoms with van der Waals surface area (Å²) in [4.78, 5) is 6.47. The minimum absolute atomic E-state index is 0.194. The topological polar surface area (TPSA) is 39.5 Å². The van der Waals surface area contributed by atoms with E-state index < -0.39 is 0 Å². The molecule has 0 amide bonds. The predicted molar refractivity (Wildman–Crippen MR) is 91.5 cm³/mol. The number of ether oxygens (including phenoxy) is 2. The number of halogens is 1. The van der Waals surface area contributed by atoms with Gasteiger partial charge in [-0.1, -0.05) is 12.1 Å². The fourth-order valence-corrected chi connectivity index (χ4v) is 3.93. The van der Waals surface area contributed by atoms with Gasteiger partial charge in [-0.15, -0.1) is 0 Å². The molecule has 0 bridgehead atoms. The smallest absolute Gasteiger partial charge is 0.123 e. The highest BCUT2D eigenvalue weighted by Crippen LogP contribution is 2.34. The molecule has 1 aromatic carbocycles. The van der Waals surface area contributed by atoms with Crippen molar-refractivity contribution in [1.29, 1.82) is 0 Å².